The van der Waals surface area contributed by atoms with Gasteiger partial charge in [-0.2, -0.15) is 0 Å². The smallest absolute Gasteiger partial charge is 0.171 e. The molecular formula is C38H25OP. The zero-order chi connectivity index (χ0) is 26.7. The predicted octanol–water partition coefficient (Wildman–Crippen LogP) is 9.09. The molecule has 0 fully saturated rings. The zero-order valence-electron chi connectivity index (χ0n) is 21.8. The fourth-order valence-electron chi connectivity index (χ4n) is 6.37. The van der Waals surface area contributed by atoms with Gasteiger partial charge in [0.05, 0.1) is 0 Å². The number of fused-ring (bicyclic) bond motifs is 9. The van der Waals surface area contributed by atoms with E-state index in [0.29, 0.717) is 0 Å². The largest absolute Gasteiger partial charge is 0.309 e. The van der Waals surface area contributed by atoms with Crippen LogP contribution in [0.4, 0.5) is 0 Å². The number of rotatable bonds is 3. The van der Waals surface area contributed by atoms with Crippen molar-refractivity contribution in [2.75, 3.05) is 0 Å². The molecule has 8 aromatic carbocycles. The van der Waals surface area contributed by atoms with Crippen LogP contribution in [-0.4, -0.2) is 0 Å². The van der Waals surface area contributed by atoms with E-state index in [1.54, 1.807) is 0 Å². The van der Waals surface area contributed by atoms with Crippen molar-refractivity contribution in [1.29, 1.82) is 0 Å². The first kappa shape index (κ1) is 23.2. The molecule has 8 rings (SSSR count). The lowest BCUT2D eigenvalue weighted by Crippen LogP contribution is -2.24. The van der Waals surface area contributed by atoms with E-state index in [0.717, 1.165) is 21.3 Å². The van der Waals surface area contributed by atoms with Gasteiger partial charge in [-0.15, -0.1) is 0 Å². The van der Waals surface area contributed by atoms with E-state index in [2.05, 4.69) is 91.0 Å². The summed E-state index contributed by atoms with van der Waals surface area (Å²) in [5.41, 5.74) is 0. The first-order valence-corrected chi connectivity index (χ1v) is 15.3. The topological polar surface area (TPSA) is 17.1 Å². The van der Waals surface area contributed by atoms with Crippen molar-refractivity contribution in [3.8, 4) is 0 Å². The average molecular weight is 529 g/mol. The van der Waals surface area contributed by atoms with Crippen LogP contribution in [0.3, 0.4) is 0 Å². The maximum absolute atomic E-state index is 15.1. The van der Waals surface area contributed by atoms with E-state index in [4.69, 9.17) is 0 Å². The normalized spacial score (nSPS) is 12.1. The molecule has 0 N–H and O–H groups in total. The summed E-state index contributed by atoms with van der Waals surface area (Å²) < 4.78 is 15.1. The second kappa shape index (κ2) is 8.91. The molecule has 0 aliphatic carbocycles. The Kier molecular flexibility index (Phi) is 5.17. The minimum absolute atomic E-state index is 0.851. The van der Waals surface area contributed by atoms with Crippen LogP contribution >= 0.6 is 7.14 Å². The van der Waals surface area contributed by atoms with Crippen molar-refractivity contribution in [2.24, 2.45) is 0 Å². The molecule has 0 saturated carbocycles. The van der Waals surface area contributed by atoms with Gasteiger partial charge in [-0.1, -0.05) is 146 Å². The van der Waals surface area contributed by atoms with E-state index in [1.165, 1.54) is 48.5 Å². The van der Waals surface area contributed by atoms with E-state index in [9.17, 15) is 0 Å². The maximum atomic E-state index is 15.1. The Bertz CT molecular complexity index is 2230. The molecule has 0 aromatic heterocycles. The van der Waals surface area contributed by atoms with Crippen LogP contribution in [-0.2, 0) is 4.57 Å². The van der Waals surface area contributed by atoms with Crippen LogP contribution in [0.1, 0.15) is 0 Å². The Labute approximate surface area is 232 Å². The number of hydrogen-bond acceptors (Lipinski definition) is 1. The lowest BCUT2D eigenvalue weighted by molar-refractivity contribution is 0.592. The number of hydrogen-bond donors (Lipinski definition) is 0. The standard InChI is InChI=1S/C38H25OP/c39-40(31-10-3-1-4-11-31,32-12-5-2-6-13-32)33-23-24-35-30(25-33)22-21-28-18-20-29-19-17-27-16-15-26-9-7-8-14-34(26)36(27)38(29)37(28)35/h1-25H. The average Bonchev–Trinajstić information content (AvgIpc) is 3.04. The fraction of sp³-hybridized carbons (Fsp3) is 0. The Morgan fingerprint density at radius 2 is 0.775 bits per heavy atom. The highest BCUT2D eigenvalue weighted by Gasteiger charge is 2.29. The van der Waals surface area contributed by atoms with Gasteiger partial charge in [0.25, 0.3) is 0 Å². The Balaban J connectivity index is 1.48. The third-order valence-electron chi connectivity index (χ3n) is 8.27. The van der Waals surface area contributed by atoms with Crippen LogP contribution in [0.2, 0.25) is 0 Å². The summed E-state index contributed by atoms with van der Waals surface area (Å²) in [6, 6.07) is 52.6. The molecule has 0 aliphatic rings. The lowest BCUT2D eigenvalue weighted by atomic mass is 9.91. The Morgan fingerprint density at radius 1 is 0.325 bits per heavy atom. The van der Waals surface area contributed by atoms with Crippen LogP contribution in [0, 0.1) is 0 Å². The third kappa shape index (κ3) is 3.38. The fourth-order valence-corrected chi connectivity index (χ4v) is 9.06. The van der Waals surface area contributed by atoms with Crippen LogP contribution in [0.5, 0.6) is 0 Å². The van der Waals surface area contributed by atoms with Gasteiger partial charge < -0.3 is 4.57 Å². The molecule has 40 heavy (non-hydrogen) atoms. The van der Waals surface area contributed by atoms with E-state index in [1.807, 2.05) is 60.7 Å². The lowest BCUT2D eigenvalue weighted by Gasteiger charge is -2.21. The van der Waals surface area contributed by atoms with Gasteiger partial charge in [-0.05, 0) is 59.9 Å². The summed E-state index contributed by atoms with van der Waals surface area (Å²) in [5.74, 6) is 0. The molecule has 0 saturated heterocycles. The van der Waals surface area contributed by atoms with Crippen molar-refractivity contribution in [3.63, 3.8) is 0 Å². The van der Waals surface area contributed by atoms with E-state index >= 15 is 4.57 Å². The van der Waals surface area contributed by atoms with Crippen molar-refractivity contribution >= 4 is 76.9 Å². The summed E-state index contributed by atoms with van der Waals surface area (Å²) in [6.07, 6.45) is 0. The first-order chi connectivity index (χ1) is 19.7. The zero-order valence-corrected chi connectivity index (χ0v) is 22.7. The number of benzene rings is 8. The maximum Gasteiger partial charge on any atom is 0.171 e. The van der Waals surface area contributed by atoms with Crippen molar-refractivity contribution in [2.45, 2.75) is 0 Å². The molecule has 0 heterocycles. The molecule has 0 amide bonds. The SMILES string of the molecule is O=P(c1ccccc1)(c1ccccc1)c1ccc2c(ccc3ccc4ccc5ccc6ccccc6c5c4c32)c1. The highest BCUT2D eigenvalue weighted by atomic mass is 31.2. The highest BCUT2D eigenvalue weighted by Crippen LogP contribution is 2.44. The summed E-state index contributed by atoms with van der Waals surface area (Å²) in [5, 5.41) is 14.8. The minimum atomic E-state index is -3.06. The predicted molar refractivity (Wildman–Crippen MR) is 173 cm³/mol. The first-order valence-electron chi connectivity index (χ1n) is 13.6. The van der Waals surface area contributed by atoms with E-state index in [-0.39, 0.29) is 0 Å². The summed E-state index contributed by atoms with van der Waals surface area (Å²) >= 11 is 0. The van der Waals surface area contributed by atoms with Crippen LogP contribution in [0.25, 0.3) is 53.9 Å². The molecule has 0 aliphatic heterocycles. The molecule has 0 bridgehead atoms. The van der Waals surface area contributed by atoms with Crippen LogP contribution < -0.4 is 15.9 Å². The third-order valence-corrected chi connectivity index (χ3v) is 11.3. The van der Waals surface area contributed by atoms with Crippen molar-refractivity contribution in [1.82, 2.24) is 0 Å². The van der Waals surface area contributed by atoms with Gasteiger partial charge in [0, 0.05) is 15.9 Å². The monoisotopic (exact) mass is 528 g/mol. The molecule has 0 atom stereocenters. The van der Waals surface area contributed by atoms with Gasteiger partial charge in [0.2, 0.25) is 0 Å². The Morgan fingerprint density at radius 3 is 1.38 bits per heavy atom. The highest BCUT2D eigenvalue weighted by molar-refractivity contribution is 7.85. The second-order valence-corrected chi connectivity index (χ2v) is 13.2. The molecule has 1 nitrogen and oxygen atoms in total. The van der Waals surface area contributed by atoms with Gasteiger partial charge in [0.15, 0.2) is 7.14 Å². The minimum Gasteiger partial charge on any atom is -0.309 e. The quantitative estimate of drug-likeness (QED) is 0.165. The van der Waals surface area contributed by atoms with Gasteiger partial charge in [-0.3, -0.25) is 0 Å². The van der Waals surface area contributed by atoms with Crippen molar-refractivity contribution < 1.29 is 4.57 Å². The Hall–Kier alpha value is -4.71. The summed E-state index contributed by atoms with van der Waals surface area (Å²) in [7, 11) is -3.06. The summed E-state index contributed by atoms with van der Waals surface area (Å²) in [4.78, 5) is 0. The molecule has 0 unspecified atom stereocenters. The van der Waals surface area contributed by atoms with Gasteiger partial charge >= 0.3 is 0 Å². The van der Waals surface area contributed by atoms with E-state index < -0.39 is 7.14 Å². The molecular weight excluding hydrogens is 503 g/mol. The molecule has 2 heteroatoms. The van der Waals surface area contributed by atoms with Crippen LogP contribution in [0.15, 0.2) is 152 Å². The molecule has 0 spiro atoms. The molecule has 8 aromatic rings. The second-order valence-electron chi connectivity index (χ2n) is 10.5. The van der Waals surface area contributed by atoms with Gasteiger partial charge in [0.1, 0.15) is 0 Å². The summed E-state index contributed by atoms with van der Waals surface area (Å²) in [6.45, 7) is 0. The van der Waals surface area contributed by atoms with Crippen molar-refractivity contribution in [3.05, 3.63) is 152 Å². The molecule has 188 valence electrons. The molecule has 0 radical (unpaired) electrons. The van der Waals surface area contributed by atoms with Gasteiger partial charge in [-0.25, -0.2) is 0 Å².